The standard InChI is InChI=1S/C12H22N2O5/c1-19-8-9-3-2-6-14(7-9)12(18)13-5-4-10(15)11(16)17/h9-10,15H,2-8H2,1H3,(H,13,18)(H,16,17)/t9?,10-/m0/s1. The lowest BCUT2D eigenvalue weighted by Gasteiger charge is -2.32. The molecule has 0 aromatic carbocycles. The SMILES string of the molecule is COCC1CCCN(C(=O)NCC[C@H](O)C(=O)O)C1. The van der Waals surface area contributed by atoms with Gasteiger partial charge < -0.3 is 25.2 Å². The predicted molar refractivity (Wildman–Crippen MR) is 67.8 cm³/mol. The Hall–Kier alpha value is -1.34. The molecular weight excluding hydrogens is 252 g/mol. The van der Waals surface area contributed by atoms with Crippen molar-refractivity contribution in [3.63, 3.8) is 0 Å². The van der Waals surface area contributed by atoms with Crippen LogP contribution in [0.25, 0.3) is 0 Å². The number of likely N-dealkylation sites (tertiary alicyclic amines) is 1. The minimum atomic E-state index is -1.43. The second-order valence-corrected chi connectivity index (χ2v) is 4.78. The normalized spacial score (nSPS) is 20.9. The molecule has 0 aromatic heterocycles. The van der Waals surface area contributed by atoms with Gasteiger partial charge in [-0.05, 0) is 12.8 Å². The van der Waals surface area contributed by atoms with E-state index in [0.717, 1.165) is 12.8 Å². The van der Waals surface area contributed by atoms with Crippen molar-refractivity contribution in [2.24, 2.45) is 5.92 Å². The van der Waals surface area contributed by atoms with Gasteiger partial charge in [-0.15, -0.1) is 0 Å². The lowest BCUT2D eigenvalue weighted by molar-refractivity contribution is -0.146. The Morgan fingerprint density at radius 3 is 2.89 bits per heavy atom. The Balaban J connectivity index is 2.27. The molecule has 2 amide bonds. The fourth-order valence-corrected chi connectivity index (χ4v) is 2.17. The molecule has 0 aliphatic carbocycles. The quantitative estimate of drug-likeness (QED) is 0.627. The van der Waals surface area contributed by atoms with Crippen LogP contribution in [0.4, 0.5) is 4.79 Å². The minimum Gasteiger partial charge on any atom is -0.479 e. The maximum Gasteiger partial charge on any atom is 0.332 e. The van der Waals surface area contributed by atoms with Crippen LogP contribution in [-0.4, -0.2) is 66.6 Å². The molecule has 1 rings (SSSR count). The van der Waals surface area contributed by atoms with Crippen LogP contribution in [0, 0.1) is 5.92 Å². The van der Waals surface area contributed by atoms with E-state index in [4.69, 9.17) is 14.9 Å². The van der Waals surface area contributed by atoms with Crippen molar-refractivity contribution in [2.45, 2.75) is 25.4 Å². The highest BCUT2D eigenvalue weighted by Crippen LogP contribution is 2.16. The van der Waals surface area contributed by atoms with E-state index in [0.29, 0.717) is 25.6 Å². The summed E-state index contributed by atoms with van der Waals surface area (Å²) >= 11 is 0. The maximum atomic E-state index is 11.8. The van der Waals surface area contributed by atoms with Crippen LogP contribution in [0.2, 0.25) is 0 Å². The van der Waals surface area contributed by atoms with Crippen LogP contribution in [0.5, 0.6) is 0 Å². The molecule has 19 heavy (non-hydrogen) atoms. The van der Waals surface area contributed by atoms with Crippen molar-refractivity contribution in [3.05, 3.63) is 0 Å². The summed E-state index contributed by atoms with van der Waals surface area (Å²) in [5, 5.41) is 20.2. The van der Waals surface area contributed by atoms with E-state index in [9.17, 15) is 9.59 Å². The lowest BCUT2D eigenvalue weighted by Crippen LogP contribution is -2.47. The van der Waals surface area contributed by atoms with E-state index >= 15 is 0 Å². The average Bonchev–Trinajstić information content (AvgIpc) is 2.39. The topological polar surface area (TPSA) is 99.1 Å². The summed E-state index contributed by atoms with van der Waals surface area (Å²) in [4.78, 5) is 24.0. The fourth-order valence-electron chi connectivity index (χ4n) is 2.17. The molecule has 1 aliphatic heterocycles. The lowest BCUT2D eigenvalue weighted by atomic mass is 9.99. The molecule has 0 aromatic rings. The van der Waals surface area contributed by atoms with Crippen molar-refractivity contribution >= 4 is 12.0 Å². The van der Waals surface area contributed by atoms with Gasteiger partial charge in [-0.2, -0.15) is 0 Å². The zero-order valence-corrected chi connectivity index (χ0v) is 11.2. The van der Waals surface area contributed by atoms with E-state index in [2.05, 4.69) is 5.32 Å². The van der Waals surface area contributed by atoms with Crippen molar-refractivity contribution in [2.75, 3.05) is 33.4 Å². The summed E-state index contributed by atoms with van der Waals surface area (Å²) in [5.74, 6) is -0.915. The Bertz CT molecular complexity index is 308. The number of hydrogen-bond acceptors (Lipinski definition) is 4. The Kier molecular flexibility index (Phi) is 6.58. The molecule has 0 bridgehead atoms. The first-order valence-electron chi connectivity index (χ1n) is 6.47. The van der Waals surface area contributed by atoms with Crippen molar-refractivity contribution in [1.29, 1.82) is 0 Å². The van der Waals surface area contributed by atoms with Crippen molar-refractivity contribution < 1.29 is 24.5 Å². The number of nitrogens with one attached hydrogen (secondary N) is 1. The minimum absolute atomic E-state index is 0.0103. The maximum absolute atomic E-state index is 11.8. The molecule has 3 N–H and O–H groups in total. The summed E-state index contributed by atoms with van der Waals surface area (Å²) in [6.07, 6.45) is 0.577. The number of aliphatic hydroxyl groups excluding tert-OH is 1. The number of nitrogens with zero attached hydrogens (tertiary/aromatic N) is 1. The van der Waals surface area contributed by atoms with Gasteiger partial charge in [0.15, 0.2) is 6.10 Å². The molecule has 0 radical (unpaired) electrons. The van der Waals surface area contributed by atoms with E-state index in [1.807, 2.05) is 0 Å². The largest absolute Gasteiger partial charge is 0.479 e. The number of aliphatic hydroxyl groups is 1. The number of aliphatic carboxylic acids is 1. The number of methoxy groups -OCH3 is 1. The Morgan fingerprint density at radius 1 is 1.53 bits per heavy atom. The van der Waals surface area contributed by atoms with E-state index in [-0.39, 0.29) is 19.0 Å². The van der Waals surface area contributed by atoms with Crippen LogP contribution in [0.1, 0.15) is 19.3 Å². The average molecular weight is 274 g/mol. The van der Waals surface area contributed by atoms with Gasteiger partial charge in [0.25, 0.3) is 0 Å². The number of carbonyl (C=O) groups excluding carboxylic acids is 1. The molecule has 1 aliphatic rings. The van der Waals surface area contributed by atoms with Crippen molar-refractivity contribution in [3.8, 4) is 0 Å². The van der Waals surface area contributed by atoms with Gasteiger partial charge in [0.05, 0.1) is 6.61 Å². The zero-order valence-electron chi connectivity index (χ0n) is 11.2. The summed E-state index contributed by atoms with van der Waals surface area (Å²) in [6.45, 7) is 2.15. The number of carboxylic acid groups (broad SMARTS) is 1. The second-order valence-electron chi connectivity index (χ2n) is 4.78. The summed E-state index contributed by atoms with van der Waals surface area (Å²) in [6, 6.07) is -0.210. The summed E-state index contributed by atoms with van der Waals surface area (Å²) in [5.41, 5.74) is 0. The molecule has 1 fully saturated rings. The number of carboxylic acids is 1. The first-order chi connectivity index (χ1) is 9.04. The van der Waals surface area contributed by atoms with Crippen LogP contribution < -0.4 is 5.32 Å². The fraction of sp³-hybridized carbons (Fsp3) is 0.833. The molecular formula is C12H22N2O5. The highest BCUT2D eigenvalue weighted by molar-refractivity contribution is 5.74. The van der Waals surface area contributed by atoms with E-state index in [1.54, 1.807) is 12.0 Å². The Labute approximate surface area is 112 Å². The number of rotatable bonds is 6. The number of amides is 2. The number of piperidine rings is 1. The van der Waals surface area contributed by atoms with Gasteiger partial charge in [-0.3, -0.25) is 0 Å². The number of urea groups is 1. The van der Waals surface area contributed by atoms with Gasteiger partial charge in [0, 0.05) is 39.1 Å². The molecule has 1 heterocycles. The van der Waals surface area contributed by atoms with Gasteiger partial charge in [-0.25, -0.2) is 9.59 Å². The highest BCUT2D eigenvalue weighted by atomic mass is 16.5. The monoisotopic (exact) mass is 274 g/mol. The molecule has 1 saturated heterocycles. The molecule has 1 unspecified atom stereocenters. The first kappa shape index (κ1) is 15.7. The summed E-state index contributed by atoms with van der Waals surface area (Å²) in [7, 11) is 1.65. The first-order valence-corrected chi connectivity index (χ1v) is 6.47. The van der Waals surface area contributed by atoms with E-state index < -0.39 is 12.1 Å². The van der Waals surface area contributed by atoms with E-state index in [1.165, 1.54) is 0 Å². The Morgan fingerprint density at radius 2 is 2.26 bits per heavy atom. The summed E-state index contributed by atoms with van der Waals surface area (Å²) < 4.78 is 5.09. The smallest absolute Gasteiger partial charge is 0.332 e. The van der Waals surface area contributed by atoms with Crippen LogP contribution in [0.3, 0.4) is 0 Å². The van der Waals surface area contributed by atoms with Crippen LogP contribution in [0.15, 0.2) is 0 Å². The molecule has 0 spiro atoms. The zero-order chi connectivity index (χ0) is 14.3. The molecule has 2 atom stereocenters. The number of hydrogen-bond donors (Lipinski definition) is 3. The van der Waals surface area contributed by atoms with Gasteiger partial charge in [-0.1, -0.05) is 0 Å². The molecule has 110 valence electrons. The third-order valence-electron chi connectivity index (χ3n) is 3.19. The van der Waals surface area contributed by atoms with Crippen molar-refractivity contribution in [1.82, 2.24) is 10.2 Å². The number of ether oxygens (including phenoxy) is 1. The third-order valence-corrected chi connectivity index (χ3v) is 3.19. The molecule has 7 heteroatoms. The van der Waals surface area contributed by atoms with Crippen LogP contribution in [-0.2, 0) is 9.53 Å². The van der Waals surface area contributed by atoms with Gasteiger partial charge in [0.2, 0.25) is 0 Å². The third kappa shape index (κ3) is 5.44. The molecule has 0 saturated carbocycles. The highest BCUT2D eigenvalue weighted by Gasteiger charge is 2.23. The number of carbonyl (C=O) groups is 2. The predicted octanol–water partition coefficient (Wildman–Crippen LogP) is -0.110. The van der Waals surface area contributed by atoms with Gasteiger partial charge >= 0.3 is 12.0 Å². The molecule has 7 nitrogen and oxygen atoms in total. The van der Waals surface area contributed by atoms with Crippen LogP contribution >= 0.6 is 0 Å². The second kappa shape index (κ2) is 7.96. The van der Waals surface area contributed by atoms with Gasteiger partial charge in [0.1, 0.15) is 0 Å².